The summed E-state index contributed by atoms with van der Waals surface area (Å²) >= 11 is 0. The molecule has 2 aromatic heterocycles. The SMILES string of the molecule is COc1ccccc1-c1cc(CNC(=O)c2cc(-c3ccccc3)on2)on1. The average Bonchev–Trinajstić information content (AvgIpc) is 3.43. The zero-order chi connectivity index (χ0) is 19.3. The van der Waals surface area contributed by atoms with Crippen LogP contribution in [0, 0.1) is 0 Å². The standard InChI is InChI=1S/C21H17N3O4/c1-26-19-10-6-5-9-16(19)17-11-15(27-23-17)13-22-21(25)18-12-20(28-24-18)14-7-3-2-4-8-14/h2-12H,13H2,1H3,(H,22,25). The van der Waals surface area contributed by atoms with Crippen LogP contribution in [0.5, 0.6) is 5.75 Å². The lowest BCUT2D eigenvalue weighted by molar-refractivity contribution is 0.0938. The molecule has 28 heavy (non-hydrogen) atoms. The van der Waals surface area contributed by atoms with Crippen molar-refractivity contribution in [3.63, 3.8) is 0 Å². The Bertz CT molecular complexity index is 1090. The van der Waals surface area contributed by atoms with Crippen LogP contribution in [-0.4, -0.2) is 23.3 Å². The summed E-state index contributed by atoms with van der Waals surface area (Å²) in [4.78, 5) is 12.3. The number of amides is 1. The first-order valence-electron chi connectivity index (χ1n) is 8.64. The first-order chi connectivity index (χ1) is 13.7. The van der Waals surface area contributed by atoms with Crippen molar-refractivity contribution in [2.24, 2.45) is 0 Å². The summed E-state index contributed by atoms with van der Waals surface area (Å²) < 4.78 is 15.9. The molecular weight excluding hydrogens is 358 g/mol. The van der Waals surface area contributed by atoms with E-state index in [-0.39, 0.29) is 18.1 Å². The molecule has 2 aromatic carbocycles. The Morgan fingerprint density at radius 3 is 2.61 bits per heavy atom. The number of methoxy groups -OCH3 is 1. The van der Waals surface area contributed by atoms with Crippen molar-refractivity contribution in [3.05, 3.63) is 78.2 Å². The molecule has 2 heterocycles. The highest BCUT2D eigenvalue weighted by atomic mass is 16.5. The van der Waals surface area contributed by atoms with Crippen LogP contribution >= 0.6 is 0 Å². The van der Waals surface area contributed by atoms with Gasteiger partial charge in [0.05, 0.1) is 13.7 Å². The van der Waals surface area contributed by atoms with Gasteiger partial charge in [0.2, 0.25) is 0 Å². The molecule has 0 saturated heterocycles. The Balaban J connectivity index is 1.42. The number of rotatable bonds is 6. The number of benzene rings is 2. The molecule has 7 heteroatoms. The third kappa shape index (κ3) is 3.64. The van der Waals surface area contributed by atoms with Gasteiger partial charge in [-0.25, -0.2) is 0 Å². The monoisotopic (exact) mass is 375 g/mol. The van der Waals surface area contributed by atoms with Crippen LogP contribution in [-0.2, 0) is 6.54 Å². The summed E-state index contributed by atoms with van der Waals surface area (Å²) in [5.41, 5.74) is 2.50. The molecule has 7 nitrogen and oxygen atoms in total. The third-order valence-electron chi connectivity index (χ3n) is 4.17. The minimum atomic E-state index is -0.360. The summed E-state index contributed by atoms with van der Waals surface area (Å²) in [7, 11) is 1.60. The zero-order valence-electron chi connectivity index (χ0n) is 15.1. The van der Waals surface area contributed by atoms with Crippen molar-refractivity contribution < 1.29 is 18.6 Å². The number of ether oxygens (including phenoxy) is 1. The van der Waals surface area contributed by atoms with Gasteiger partial charge in [-0.05, 0) is 12.1 Å². The molecule has 0 atom stereocenters. The minimum Gasteiger partial charge on any atom is -0.496 e. The largest absolute Gasteiger partial charge is 0.496 e. The van der Waals surface area contributed by atoms with Crippen molar-refractivity contribution in [2.45, 2.75) is 6.54 Å². The Kier molecular flexibility index (Phi) is 4.88. The van der Waals surface area contributed by atoms with Gasteiger partial charge in [-0.2, -0.15) is 0 Å². The van der Waals surface area contributed by atoms with Crippen LogP contribution < -0.4 is 10.1 Å². The van der Waals surface area contributed by atoms with Gasteiger partial charge in [0, 0.05) is 23.3 Å². The normalized spacial score (nSPS) is 10.6. The van der Waals surface area contributed by atoms with Crippen molar-refractivity contribution in [1.82, 2.24) is 15.6 Å². The maximum atomic E-state index is 12.3. The molecule has 0 spiro atoms. The summed E-state index contributed by atoms with van der Waals surface area (Å²) in [5, 5.41) is 10.6. The fourth-order valence-corrected chi connectivity index (χ4v) is 2.76. The second-order valence-electron chi connectivity index (χ2n) is 6.00. The summed E-state index contributed by atoms with van der Waals surface area (Å²) in [6, 6.07) is 20.3. The zero-order valence-corrected chi connectivity index (χ0v) is 15.1. The van der Waals surface area contributed by atoms with E-state index in [1.807, 2.05) is 54.6 Å². The third-order valence-corrected chi connectivity index (χ3v) is 4.17. The molecule has 1 N–H and O–H groups in total. The van der Waals surface area contributed by atoms with E-state index in [9.17, 15) is 4.79 Å². The number of hydrogen-bond acceptors (Lipinski definition) is 6. The quantitative estimate of drug-likeness (QED) is 0.549. The molecule has 0 aliphatic heterocycles. The second-order valence-corrected chi connectivity index (χ2v) is 6.00. The predicted octanol–water partition coefficient (Wildman–Crippen LogP) is 3.94. The van der Waals surface area contributed by atoms with Crippen molar-refractivity contribution in [1.29, 1.82) is 0 Å². The summed E-state index contributed by atoms with van der Waals surface area (Å²) in [6.45, 7) is 0.175. The van der Waals surface area contributed by atoms with E-state index < -0.39 is 0 Å². The van der Waals surface area contributed by atoms with Crippen molar-refractivity contribution in [3.8, 4) is 28.3 Å². The van der Waals surface area contributed by atoms with Crippen LogP contribution in [0.2, 0.25) is 0 Å². The lowest BCUT2D eigenvalue weighted by atomic mass is 10.1. The molecule has 4 aromatic rings. The highest BCUT2D eigenvalue weighted by Crippen LogP contribution is 2.29. The van der Waals surface area contributed by atoms with E-state index in [4.69, 9.17) is 13.8 Å². The highest BCUT2D eigenvalue weighted by molar-refractivity contribution is 5.93. The number of hydrogen-bond donors (Lipinski definition) is 1. The average molecular weight is 375 g/mol. The van der Waals surface area contributed by atoms with E-state index in [0.29, 0.717) is 23.0 Å². The lowest BCUT2D eigenvalue weighted by Crippen LogP contribution is -2.22. The predicted molar refractivity (Wildman–Crippen MR) is 102 cm³/mol. The van der Waals surface area contributed by atoms with E-state index in [1.54, 1.807) is 19.2 Å². The minimum absolute atomic E-state index is 0.175. The number of nitrogens with one attached hydrogen (secondary N) is 1. The van der Waals surface area contributed by atoms with Gasteiger partial charge in [0.25, 0.3) is 5.91 Å². The van der Waals surface area contributed by atoms with Gasteiger partial charge in [-0.15, -0.1) is 0 Å². The maximum absolute atomic E-state index is 12.3. The molecule has 140 valence electrons. The van der Waals surface area contributed by atoms with E-state index in [2.05, 4.69) is 15.6 Å². The number of nitrogens with zero attached hydrogens (tertiary/aromatic N) is 2. The molecular formula is C21H17N3O4. The van der Waals surface area contributed by atoms with Crippen molar-refractivity contribution in [2.75, 3.05) is 7.11 Å². The molecule has 1 amide bonds. The van der Waals surface area contributed by atoms with E-state index >= 15 is 0 Å². The Morgan fingerprint density at radius 2 is 1.79 bits per heavy atom. The van der Waals surface area contributed by atoms with Gasteiger partial charge in [0.1, 0.15) is 11.4 Å². The van der Waals surface area contributed by atoms with Crippen LogP contribution in [0.25, 0.3) is 22.6 Å². The van der Waals surface area contributed by atoms with Crippen molar-refractivity contribution >= 4 is 5.91 Å². The highest BCUT2D eigenvalue weighted by Gasteiger charge is 2.15. The molecule has 0 aliphatic rings. The first kappa shape index (κ1) is 17.5. The Morgan fingerprint density at radius 1 is 1.00 bits per heavy atom. The fraction of sp³-hybridized carbons (Fsp3) is 0.0952. The molecule has 0 bridgehead atoms. The molecule has 0 saturated carbocycles. The van der Waals surface area contributed by atoms with Crippen LogP contribution in [0.1, 0.15) is 16.2 Å². The number of carbonyl (C=O) groups is 1. The second kappa shape index (κ2) is 7.79. The molecule has 0 radical (unpaired) electrons. The fourth-order valence-electron chi connectivity index (χ4n) is 2.76. The lowest BCUT2D eigenvalue weighted by Gasteiger charge is -2.03. The number of carbonyl (C=O) groups excluding carboxylic acids is 1. The Labute approximate surface area is 160 Å². The van der Waals surface area contributed by atoms with Crippen LogP contribution in [0.4, 0.5) is 0 Å². The molecule has 0 unspecified atom stereocenters. The van der Waals surface area contributed by atoms with Gasteiger partial charge in [0.15, 0.2) is 17.2 Å². The topological polar surface area (TPSA) is 90.4 Å². The van der Waals surface area contributed by atoms with Crippen LogP contribution in [0.15, 0.2) is 75.8 Å². The first-order valence-corrected chi connectivity index (χ1v) is 8.64. The van der Waals surface area contributed by atoms with E-state index in [1.165, 1.54) is 0 Å². The van der Waals surface area contributed by atoms with Gasteiger partial charge < -0.3 is 19.1 Å². The number of aromatic nitrogens is 2. The molecule has 0 aliphatic carbocycles. The van der Waals surface area contributed by atoms with Gasteiger partial charge in [-0.3, -0.25) is 4.79 Å². The molecule has 0 fully saturated rings. The van der Waals surface area contributed by atoms with Gasteiger partial charge >= 0.3 is 0 Å². The van der Waals surface area contributed by atoms with Crippen LogP contribution in [0.3, 0.4) is 0 Å². The maximum Gasteiger partial charge on any atom is 0.273 e. The summed E-state index contributed by atoms with van der Waals surface area (Å²) in [5.74, 6) is 1.38. The van der Waals surface area contributed by atoms with Gasteiger partial charge in [-0.1, -0.05) is 52.8 Å². The summed E-state index contributed by atoms with van der Waals surface area (Å²) in [6.07, 6.45) is 0. The Hall–Kier alpha value is -3.87. The molecule has 4 rings (SSSR count). The smallest absolute Gasteiger partial charge is 0.273 e. The number of para-hydroxylation sites is 1. The van der Waals surface area contributed by atoms with E-state index in [0.717, 1.165) is 11.1 Å².